The third kappa shape index (κ3) is 6.39. The van der Waals surface area contributed by atoms with Gasteiger partial charge in [-0.3, -0.25) is 4.79 Å². The molecule has 0 aliphatic rings. The van der Waals surface area contributed by atoms with Gasteiger partial charge in [-0.15, -0.1) is 0 Å². The quantitative estimate of drug-likeness (QED) is 0.733. The van der Waals surface area contributed by atoms with Gasteiger partial charge >= 0.3 is 0 Å². The molecule has 5 heteroatoms. The third-order valence-corrected chi connectivity index (χ3v) is 3.85. The number of ether oxygens (including phenoxy) is 2. The fourth-order valence-electron chi connectivity index (χ4n) is 2.38. The molecule has 1 N–H and O–H groups in total. The van der Waals surface area contributed by atoms with E-state index in [9.17, 15) is 9.18 Å². The Morgan fingerprint density at radius 2 is 1.81 bits per heavy atom. The summed E-state index contributed by atoms with van der Waals surface area (Å²) in [4.78, 5) is 12.0. The molecular weight excluding hydrogens is 333 g/mol. The zero-order valence-corrected chi connectivity index (χ0v) is 15.5. The fourth-order valence-corrected chi connectivity index (χ4v) is 2.38. The number of halogens is 1. The van der Waals surface area contributed by atoms with Gasteiger partial charge in [-0.05, 0) is 47.7 Å². The number of amides is 1. The van der Waals surface area contributed by atoms with Crippen LogP contribution in [0.4, 0.5) is 4.39 Å². The van der Waals surface area contributed by atoms with Gasteiger partial charge in [0.05, 0.1) is 13.7 Å². The van der Waals surface area contributed by atoms with Gasteiger partial charge in [-0.25, -0.2) is 4.39 Å². The summed E-state index contributed by atoms with van der Waals surface area (Å²) in [7, 11) is 1.43. The van der Waals surface area contributed by atoms with Crippen molar-refractivity contribution in [2.75, 3.05) is 13.7 Å². The number of aryl methyl sites for hydroxylation is 1. The Hall–Kier alpha value is -2.56. The first-order chi connectivity index (χ1) is 12.5. The molecule has 0 fully saturated rings. The van der Waals surface area contributed by atoms with Crippen LogP contribution in [0.15, 0.2) is 42.5 Å². The highest BCUT2D eigenvalue weighted by atomic mass is 19.1. The molecule has 0 bridgehead atoms. The maximum atomic E-state index is 13.6. The van der Waals surface area contributed by atoms with E-state index in [4.69, 9.17) is 9.47 Å². The van der Waals surface area contributed by atoms with Crippen LogP contribution >= 0.6 is 0 Å². The number of carbonyl (C=O) groups excluding carboxylic acids is 1. The number of carbonyl (C=O) groups is 1. The minimum absolute atomic E-state index is 0.0682. The third-order valence-electron chi connectivity index (χ3n) is 3.85. The number of nitrogens with one attached hydrogen (secondary N) is 1. The number of methoxy groups -OCH3 is 1. The van der Waals surface area contributed by atoms with E-state index in [-0.39, 0.29) is 11.7 Å². The van der Waals surface area contributed by atoms with Crippen LogP contribution in [0.3, 0.4) is 0 Å². The molecule has 0 saturated heterocycles. The average Bonchev–Trinajstić information content (AvgIpc) is 2.64. The van der Waals surface area contributed by atoms with E-state index in [2.05, 4.69) is 19.2 Å². The Kier molecular flexibility index (Phi) is 7.45. The van der Waals surface area contributed by atoms with Crippen molar-refractivity contribution < 1.29 is 18.7 Å². The van der Waals surface area contributed by atoms with Crippen LogP contribution in [0.1, 0.15) is 31.4 Å². The molecule has 140 valence electrons. The van der Waals surface area contributed by atoms with Crippen molar-refractivity contribution in [2.24, 2.45) is 5.92 Å². The summed E-state index contributed by atoms with van der Waals surface area (Å²) in [6.07, 6.45) is 0.788. The second-order valence-corrected chi connectivity index (χ2v) is 6.59. The zero-order chi connectivity index (χ0) is 18.9. The molecule has 2 aromatic carbocycles. The van der Waals surface area contributed by atoms with Crippen molar-refractivity contribution in [1.29, 1.82) is 0 Å². The summed E-state index contributed by atoms with van der Waals surface area (Å²) in [6.45, 7) is 5.34. The molecule has 0 heterocycles. The van der Waals surface area contributed by atoms with Gasteiger partial charge in [0, 0.05) is 13.0 Å². The monoisotopic (exact) mass is 359 g/mol. The molecule has 0 aliphatic heterocycles. The Balaban J connectivity index is 1.75. The highest BCUT2D eigenvalue weighted by Gasteiger charge is 2.06. The van der Waals surface area contributed by atoms with Crippen LogP contribution in [0.5, 0.6) is 11.5 Å². The second kappa shape index (κ2) is 9.80. The summed E-state index contributed by atoms with van der Waals surface area (Å²) in [6, 6.07) is 12.4. The first-order valence-corrected chi connectivity index (χ1v) is 8.78. The highest BCUT2D eigenvalue weighted by Crippen LogP contribution is 2.18. The van der Waals surface area contributed by atoms with Crippen LogP contribution in [0.25, 0.3) is 0 Å². The summed E-state index contributed by atoms with van der Waals surface area (Å²) >= 11 is 0. The van der Waals surface area contributed by atoms with E-state index in [1.54, 1.807) is 12.1 Å². The number of rotatable bonds is 9. The lowest BCUT2D eigenvalue weighted by molar-refractivity contribution is -0.121. The molecule has 1 amide bonds. The summed E-state index contributed by atoms with van der Waals surface area (Å²) in [5.74, 6) is 1.04. The molecule has 0 spiro atoms. The van der Waals surface area contributed by atoms with Crippen LogP contribution in [0, 0.1) is 11.7 Å². The molecule has 2 rings (SSSR count). The molecule has 0 atom stereocenters. The van der Waals surface area contributed by atoms with Crippen LogP contribution in [0.2, 0.25) is 0 Å². The Morgan fingerprint density at radius 3 is 2.42 bits per heavy atom. The van der Waals surface area contributed by atoms with E-state index in [0.717, 1.165) is 16.9 Å². The van der Waals surface area contributed by atoms with Crippen molar-refractivity contribution in [1.82, 2.24) is 5.32 Å². The minimum Gasteiger partial charge on any atom is -0.494 e. The predicted molar refractivity (Wildman–Crippen MR) is 99.9 cm³/mol. The SMILES string of the molecule is COc1ccc(CCC(=O)NCc2ccc(OCC(C)C)cc2)cc1F. The lowest BCUT2D eigenvalue weighted by Gasteiger charge is -2.10. The molecule has 0 aromatic heterocycles. The molecular formula is C21H26FNO3. The van der Waals surface area contributed by atoms with Crippen LogP contribution < -0.4 is 14.8 Å². The van der Waals surface area contributed by atoms with Gasteiger partial charge in [-0.2, -0.15) is 0 Å². The Labute approximate surface area is 154 Å². The molecule has 0 unspecified atom stereocenters. The van der Waals surface area contributed by atoms with Gasteiger partial charge in [0.2, 0.25) is 5.91 Å². The topological polar surface area (TPSA) is 47.6 Å². The predicted octanol–water partition coefficient (Wildman–Crippen LogP) is 4.12. The van der Waals surface area contributed by atoms with Gasteiger partial charge < -0.3 is 14.8 Å². The summed E-state index contributed by atoms with van der Waals surface area (Å²) in [5, 5.41) is 2.88. The van der Waals surface area contributed by atoms with E-state index in [0.29, 0.717) is 31.9 Å². The molecule has 2 aromatic rings. The molecule has 26 heavy (non-hydrogen) atoms. The first-order valence-electron chi connectivity index (χ1n) is 8.78. The molecule has 0 saturated carbocycles. The van der Waals surface area contributed by atoms with Crippen molar-refractivity contribution in [3.05, 3.63) is 59.4 Å². The zero-order valence-electron chi connectivity index (χ0n) is 15.5. The molecule has 0 radical (unpaired) electrons. The Bertz CT molecular complexity index is 714. The maximum absolute atomic E-state index is 13.6. The van der Waals surface area contributed by atoms with Gasteiger partial charge in [-0.1, -0.05) is 32.0 Å². The van der Waals surface area contributed by atoms with E-state index in [1.165, 1.54) is 13.2 Å². The van der Waals surface area contributed by atoms with Gasteiger partial charge in [0.15, 0.2) is 11.6 Å². The molecule has 4 nitrogen and oxygen atoms in total. The maximum Gasteiger partial charge on any atom is 0.220 e. The van der Waals surface area contributed by atoms with Crippen LogP contribution in [-0.4, -0.2) is 19.6 Å². The second-order valence-electron chi connectivity index (χ2n) is 6.59. The summed E-state index contributed by atoms with van der Waals surface area (Å²) in [5.41, 5.74) is 1.77. The van der Waals surface area contributed by atoms with E-state index < -0.39 is 5.82 Å². The summed E-state index contributed by atoms with van der Waals surface area (Å²) < 4.78 is 24.2. The lowest BCUT2D eigenvalue weighted by atomic mass is 10.1. The fraction of sp³-hybridized carbons (Fsp3) is 0.381. The molecule has 0 aliphatic carbocycles. The van der Waals surface area contributed by atoms with Crippen molar-refractivity contribution in [3.8, 4) is 11.5 Å². The van der Waals surface area contributed by atoms with Gasteiger partial charge in [0.25, 0.3) is 0 Å². The smallest absolute Gasteiger partial charge is 0.220 e. The minimum atomic E-state index is -0.412. The van der Waals surface area contributed by atoms with Crippen LogP contribution in [-0.2, 0) is 17.8 Å². The number of benzene rings is 2. The number of hydrogen-bond donors (Lipinski definition) is 1. The Morgan fingerprint density at radius 1 is 1.12 bits per heavy atom. The normalized spacial score (nSPS) is 10.7. The number of hydrogen-bond acceptors (Lipinski definition) is 3. The average molecular weight is 359 g/mol. The van der Waals surface area contributed by atoms with Crippen molar-refractivity contribution in [3.63, 3.8) is 0 Å². The lowest BCUT2D eigenvalue weighted by Crippen LogP contribution is -2.23. The highest BCUT2D eigenvalue weighted by molar-refractivity contribution is 5.76. The van der Waals surface area contributed by atoms with E-state index in [1.807, 2.05) is 24.3 Å². The van der Waals surface area contributed by atoms with Crippen molar-refractivity contribution in [2.45, 2.75) is 33.2 Å². The standard InChI is InChI=1S/C21H26FNO3/c1-15(2)14-26-18-8-4-17(5-9-18)13-23-21(24)11-7-16-6-10-20(25-3)19(22)12-16/h4-6,8-10,12,15H,7,11,13-14H2,1-3H3,(H,23,24). The first kappa shape index (κ1) is 19.8. The largest absolute Gasteiger partial charge is 0.494 e. The van der Waals surface area contributed by atoms with Gasteiger partial charge in [0.1, 0.15) is 5.75 Å². The van der Waals surface area contributed by atoms with Crippen molar-refractivity contribution >= 4 is 5.91 Å². The van der Waals surface area contributed by atoms with E-state index >= 15 is 0 Å².